The topological polar surface area (TPSA) is 43.7 Å². The van der Waals surface area contributed by atoms with Crippen LogP contribution in [-0.4, -0.2) is 31.8 Å². The number of nitrogens with zero attached hydrogens (tertiary/aromatic N) is 1. The molecule has 0 spiro atoms. The van der Waals surface area contributed by atoms with E-state index in [1.165, 1.54) is 16.5 Å². The average Bonchev–Trinajstić information content (AvgIpc) is 2.29. The average molecular weight is 217 g/mol. The predicted octanol–water partition coefficient (Wildman–Crippen LogP) is 1.14. The summed E-state index contributed by atoms with van der Waals surface area (Å²) in [6.45, 7) is 0. The van der Waals surface area contributed by atoms with Crippen LogP contribution in [0.5, 0.6) is 0 Å². The Morgan fingerprint density at radius 2 is 1.50 bits per heavy atom. The summed E-state index contributed by atoms with van der Waals surface area (Å²) >= 11 is 0. The summed E-state index contributed by atoms with van der Waals surface area (Å²) in [5.41, 5.74) is 1.28. The summed E-state index contributed by atoms with van der Waals surface area (Å²) < 4.78 is 0. The molecule has 0 aliphatic rings. The van der Waals surface area contributed by atoms with Crippen LogP contribution in [0, 0.1) is 0 Å². The van der Waals surface area contributed by atoms with Crippen LogP contribution in [0.2, 0.25) is 0 Å². The molecular weight excluding hydrogens is 201 g/mol. The Kier molecular flexibility index (Phi) is 4.83. The monoisotopic (exact) mass is 217 g/mol. The third-order valence-corrected chi connectivity index (χ3v) is 2.25. The molecule has 0 aliphatic heterocycles. The maximum atomic E-state index is 7.12. The summed E-state index contributed by atoms with van der Waals surface area (Å²) in [5.74, 6) is 0. The minimum Gasteiger partial charge on any atom is -0.430 e. The van der Waals surface area contributed by atoms with Gasteiger partial charge in [-0.15, -0.1) is 0 Å². The summed E-state index contributed by atoms with van der Waals surface area (Å²) in [6.07, 6.45) is 0. The van der Waals surface area contributed by atoms with Crippen LogP contribution in [0.4, 0.5) is 5.69 Å². The second-order valence-corrected chi connectivity index (χ2v) is 3.53. The molecule has 0 atom stereocenters. The Morgan fingerprint density at radius 3 is 2.12 bits per heavy atom. The van der Waals surface area contributed by atoms with E-state index in [1.807, 2.05) is 0 Å². The third-order valence-electron chi connectivity index (χ3n) is 2.25. The summed E-state index contributed by atoms with van der Waals surface area (Å²) in [7, 11) is 3.39. The quantitative estimate of drug-likeness (QED) is 0.704. The van der Waals surface area contributed by atoms with Gasteiger partial charge in [-0.25, -0.2) is 0 Å². The Balaban J connectivity index is 0.000000386. The van der Waals surface area contributed by atoms with Gasteiger partial charge in [0.1, 0.15) is 0 Å². The van der Waals surface area contributed by atoms with Gasteiger partial charge in [-0.1, -0.05) is 36.4 Å². The van der Waals surface area contributed by atoms with Gasteiger partial charge in [0.2, 0.25) is 0 Å². The lowest BCUT2D eigenvalue weighted by Gasteiger charge is -2.14. The summed E-state index contributed by atoms with van der Waals surface area (Å²) in [5, 5.41) is 16.9. The van der Waals surface area contributed by atoms with E-state index in [4.69, 9.17) is 10.0 Å². The SMILES string of the molecule is CN(C)c1cccc2ccccc12.OBO. The van der Waals surface area contributed by atoms with Gasteiger partial charge in [-0.05, 0) is 11.5 Å². The molecule has 0 heterocycles. The maximum Gasteiger partial charge on any atom is 0.432 e. The Morgan fingerprint density at radius 1 is 0.938 bits per heavy atom. The highest BCUT2D eigenvalue weighted by atomic mass is 16.4. The van der Waals surface area contributed by atoms with Crippen molar-refractivity contribution in [1.82, 2.24) is 0 Å². The molecule has 2 aromatic rings. The fourth-order valence-electron chi connectivity index (χ4n) is 1.60. The molecule has 0 amide bonds. The molecular formula is C12H16BNO2. The van der Waals surface area contributed by atoms with Gasteiger partial charge in [0, 0.05) is 25.2 Å². The molecule has 4 heteroatoms. The van der Waals surface area contributed by atoms with Gasteiger partial charge >= 0.3 is 7.69 Å². The van der Waals surface area contributed by atoms with E-state index < -0.39 is 7.69 Å². The molecule has 0 radical (unpaired) electrons. The maximum absolute atomic E-state index is 7.12. The van der Waals surface area contributed by atoms with Crippen molar-refractivity contribution < 1.29 is 10.0 Å². The lowest BCUT2D eigenvalue weighted by Crippen LogP contribution is -2.08. The molecule has 0 aromatic heterocycles. The zero-order valence-electron chi connectivity index (χ0n) is 9.59. The van der Waals surface area contributed by atoms with E-state index >= 15 is 0 Å². The van der Waals surface area contributed by atoms with Crippen molar-refractivity contribution in [2.24, 2.45) is 0 Å². The zero-order chi connectivity index (χ0) is 12.0. The number of fused-ring (bicyclic) bond motifs is 1. The van der Waals surface area contributed by atoms with E-state index in [0.29, 0.717) is 0 Å². The Hall–Kier alpha value is -1.52. The van der Waals surface area contributed by atoms with Crippen LogP contribution < -0.4 is 4.90 Å². The Labute approximate surface area is 96.3 Å². The molecule has 0 saturated carbocycles. The second-order valence-electron chi connectivity index (χ2n) is 3.53. The number of anilines is 1. The van der Waals surface area contributed by atoms with Crippen molar-refractivity contribution in [2.45, 2.75) is 0 Å². The first-order chi connectivity index (χ1) is 7.70. The van der Waals surface area contributed by atoms with Crippen molar-refractivity contribution in [3.8, 4) is 0 Å². The lowest BCUT2D eigenvalue weighted by atomic mass is 10.1. The molecule has 0 unspecified atom stereocenters. The smallest absolute Gasteiger partial charge is 0.430 e. The first-order valence-corrected chi connectivity index (χ1v) is 5.07. The molecule has 0 saturated heterocycles. The van der Waals surface area contributed by atoms with E-state index in [1.54, 1.807) is 0 Å². The van der Waals surface area contributed by atoms with Crippen LogP contribution in [-0.2, 0) is 0 Å². The highest BCUT2D eigenvalue weighted by Crippen LogP contribution is 2.24. The van der Waals surface area contributed by atoms with Gasteiger partial charge in [-0.3, -0.25) is 0 Å². The van der Waals surface area contributed by atoms with Crippen molar-refractivity contribution in [3.63, 3.8) is 0 Å². The van der Waals surface area contributed by atoms with E-state index in [2.05, 4.69) is 61.5 Å². The van der Waals surface area contributed by atoms with Gasteiger partial charge in [-0.2, -0.15) is 0 Å². The van der Waals surface area contributed by atoms with Gasteiger partial charge in [0.25, 0.3) is 0 Å². The third kappa shape index (κ3) is 2.99. The summed E-state index contributed by atoms with van der Waals surface area (Å²) in [6, 6.07) is 14.8. The standard InChI is InChI=1S/C12H13N.BH3O2/c1-13(2)12-9-5-7-10-6-3-4-8-11(10)12;2-1-3/h3-9H,1-2H3;1-3H. The van der Waals surface area contributed by atoms with E-state index in [9.17, 15) is 0 Å². The van der Waals surface area contributed by atoms with Crippen molar-refractivity contribution in [3.05, 3.63) is 42.5 Å². The van der Waals surface area contributed by atoms with E-state index in [-0.39, 0.29) is 0 Å². The van der Waals surface area contributed by atoms with Gasteiger partial charge in [0.15, 0.2) is 0 Å². The first-order valence-electron chi connectivity index (χ1n) is 5.07. The molecule has 0 aliphatic carbocycles. The van der Waals surface area contributed by atoms with E-state index in [0.717, 1.165) is 0 Å². The van der Waals surface area contributed by atoms with Crippen molar-refractivity contribution in [1.29, 1.82) is 0 Å². The molecule has 2 aromatic carbocycles. The fourth-order valence-corrected chi connectivity index (χ4v) is 1.60. The number of benzene rings is 2. The molecule has 2 N–H and O–H groups in total. The molecule has 0 bridgehead atoms. The van der Waals surface area contributed by atoms with Gasteiger partial charge < -0.3 is 14.9 Å². The Bertz CT molecular complexity index is 440. The number of hydrogen-bond donors (Lipinski definition) is 2. The van der Waals surface area contributed by atoms with Crippen LogP contribution in [0.15, 0.2) is 42.5 Å². The van der Waals surface area contributed by atoms with Crippen LogP contribution >= 0.6 is 0 Å². The number of hydrogen-bond acceptors (Lipinski definition) is 3. The number of rotatable bonds is 1. The van der Waals surface area contributed by atoms with Crippen molar-refractivity contribution >= 4 is 24.1 Å². The lowest BCUT2D eigenvalue weighted by molar-refractivity contribution is 0.448. The van der Waals surface area contributed by atoms with Crippen LogP contribution in [0.1, 0.15) is 0 Å². The zero-order valence-corrected chi connectivity index (χ0v) is 9.59. The van der Waals surface area contributed by atoms with Crippen molar-refractivity contribution in [2.75, 3.05) is 19.0 Å². The second kappa shape index (κ2) is 6.15. The highest BCUT2D eigenvalue weighted by Gasteiger charge is 1.99. The normalized spacial score (nSPS) is 9.25. The highest BCUT2D eigenvalue weighted by molar-refractivity contribution is 6.13. The summed E-state index contributed by atoms with van der Waals surface area (Å²) in [4.78, 5) is 2.14. The fraction of sp³-hybridized carbons (Fsp3) is 0.167. The molecule has 2 rings (SSSR count). The van der Waals surface area contributed by atoms with Crippen LogP contribution in [0.3, 0.4) is 0 Å². The molecule has 3 nitrogen and oxygen atoms in total. The molecule has 0 fully saturated rings. The predicted molar refractivity (Wildman–Crippen MR) is 69.9 cm³/mol. The molecule has 84 valence electrons. The minimum absolute atomic E-state index is 0.750. The molecule has 16 heavy (non-hydrogen) atoms. The minimum atomic E-state index is -0.750. The largest absolute Gasteiger partial charge is 0.432 e. The van der Waals surface area contributed by atoms with Crippen LogP contribution in [0.25, 0.3) is 10.8 Å². The van der Waals surface area contributed by atoms with Gasteiger partial charge in [0.05, 0.1) is 0 Å². The first kappa shape index (κ1) is 12.6.